The molecule has 0 atom stereocenters. The predicted molar refractivity (Wildman–Crippen MR) is 72.8 cm³/mol. The highest BCUT2D eigenvalue weighted by Crippen LogP contribution is 2.23. The lowest BCUT2D eigenvalue weighted by Gasteiger charge is -2.04. The molecule has 0 aliphatic carbocycles. The lowest BCUT2D eigenvalue weighted by molar-refractivity contribution is 1.06. The molecule has 0 amide bonds. The van der Waals surface area contributed by atoms with E-state index < -0.39 is 0 Å². The molecular weight excluding hydrogens is 242 g/mol. The summed E-state index contributed by atoms with van der Waals surface area (Å²) in [4.78, 5) is 5.14. The van der Waals surface area contributed by atoms with Crippen molar-refractivity contribution in [1.29, 1.82) is 5.26 Å². The average Bonchev–Trinajstić information content (AvgIpc) is 2.45. The third kappa shape index (κ3) is 3.33. The van der Waals surface area contributed by atoms with E-state index >= 15 is 0 Å². The van der Waals surface area contributed by atoms with E-state index in [1.54, 1.807) is 18.0 Å². The topological polar surface area (TPSA) is 62.7 Å². The SMILES string of the molecule is N#Cc1cc(CSc2cccc(CN)c2)ccn1. The van der Waals surface area contributed by atoms with E-state index in [9.17, 15) is 0 Å². The van der Waals surface area contributed by atoms with Crippen LogP contribution in [-0.4, -0.2) is 4.98 Å². The number of benzene rings is 1. The second-order valence-electron chi connectivity index (χ2n) is 3.80. The zero-order valence-corrected chi connectivity index (χ0v) is 10.7. The third-order valence-electron chi connectivity index (χ3n) is 2.48. The van der Waals surface area contributed by atoms with Crippen LogP contribution in [0.5, 0.6) is 0 Å². The van der Waals surface area contributed by atoms with Crippen LogP contribution in [-0.2, 0) is 12.3 Å². The van der Waals surface area contributed by atoms with Crippen molar-refractivity contribution in [3.8, 4) is 6.07 Å². The summed E-state index contributed by atoms with van der Waals surface area (Å²) in [5.74, 6) is 0.825. The first-order chi connectivity index (χ1) is 8.81. The first kappa shape index (κ1) is 12.6. The first-order valence-electron chi connectivity index (χ1n) is 5.58. The summed E-state index contributed by atoms with van der Waals surface area (Å²) in [5, 5.41) is 8.78. The van der Waals surface area contributed by atoms with Crippen molar-refractivity contribution in [3.63, 3.8) is 0 Å². The number of aromatic nitrogens is 1. The average molecular weight is 255 g/mol. The second-order valence-corrected chi connectivity index (χ2v) is 4.85. The van der Waals surface area contributed by atoms with Crippen molar-refractivity contribution in [3.05, 3.63) is 59.4 Å². The number of pyridine rings is 1. The molecule has 0 saturated heterocycles. The maximum atomic E-state index is 8.78. The fourth-order valence-corrected chi connectivity index (χ4v) is 2.48. The van der Waals surface area contributed by atoms with Crippen molar-refractivity contribution in [2.75, 3.05) is 0 Å². The van der Waals surface area contributed by atoms with Crippen LogP contribution in [0.2, 0.25) is 0 Å². The van der Waals surface area contributed by atoms with Gasteiger partial charge in [0.15, 0.2) is 0 Å². The second kappa shape index (κ2) is 6.20. The summed E-state index contributed by atoms with van der Waals surface area (Å²) in [5.41, 5.74) is 8.31. The molecule has 1 aromatic carbocycles. The summed E-state index contributed by atoms with van der Waals surface area (Å²) in [6.45, 7) is 0.558. The number of rotatable bonds is 4. The molecule has 0 saturated carbocycles. The molecule has 1 heterocycles. The molecule has 18 heavy (non-hydrogen) atoms. The summed E-state index contributed by atoms with van der Waals surface area (Å²) >= 11 is 1.73. The van der Waals surface area contributed by atoms with Crippen LogP contribution in [0.15, 0.2) is 47.5 Å². The molecule has 2 aromatic rings. The number of nitriles is 1. The van der Waals surface area contributed by atoms with Gasteiger partial charge in [0.25, 0.3) is 0 Å². The van der Waals surface area contributed by atoms with Gasteiger partial charge in [-0.15, -0.1) is 11.8 Å². The fourth-order valence-electron chi connectivity index (χ4n) is 1.55. The van der Waals surface area contributed by atoms with Crippen molar-refractivity contribution in [1.82, 2.24) is 4.98 Å². The van der Waals surface area contributed by atoms with Gasteiger partial charge in [0.1, 0.15) is 11.8 Å². The van der Waals surface area contributed by atoms with Gasteiger partial charge in [-0.05, 0) is 35.4 Å². The quantitative estimate of drug-likeness (QED) is 0.853. The van der Waals surface area contributed by atoms with Crippen molar-refractivity contribution in [2.45, 2.75) is 17.2 Å². The van der Waals surface area contributed by atoms with Crippen LogP contribution < -0.4 is 5.73 Å². The number of nitrogens with two attached hydrogens (primary N) is 1. The Morgan fingerprint density at radius 1 is 1.22 bits per heavy atom. The third-order valence-corrected chi connectivity index (χ3v) is 3.54. The Morgan fingerprint density at radius 3 is 2.89 bits per heavy atom. The van der Waals surface area contributed by atoms with E-state index in [0.29, 0.717) is 12.2 Å². The summed E-state index contributed by atoms with van der Waals surface area (Å²) in [6, 6.07) is 14.0. The molecule has 3 nitrogen and oxygen atoms in total. The lowest BCUT2D eigenvalue weighted by atomic mass is 10.2. The zero-order valence-electron chi connectivity index (χ0n) is 9.84. The standard InChI is InChI=1S/C14H13N3S/c15-8-11-2-1-3-14(7-11)18-10-12-4-5-17-13(6-12)9-16/h1-7H,8,10,15H2. The van der Waals surface area contributed by atoms with E-state index in [1.165, 1.54) is 4.90 Å². The number of hydrogen-bond acceptors (Lipinski definition) is 4. The lowest BCUT2D eigenvalue weighted by Crippen LogP contribution is -1.95. The van der Waals surface area contributed by atoms with E-state index in [-0.39, 0.29) is 0 Å². The largest absolute Gasteiger partial charge is 0.326 e. The van der Waals surface area contributed by atoms with Gasteiger partial charge in [0.05, 0.1) is 0 Å². The predicted octanol–water partition coefficient (Wildman–Crippen LogP) is 2.70. The molecule has 0 fully saturated rings. The minimum Gasteiger partial charge on any atom is -0.326 e. The molecule has 2 N–H and O–H groups in total. The first-order valence-corrected chi connectivity index (χ1v) is 6.57. The number of hydrogen-bond donors (Lipinski definition) is 1. The normalized spacial score (nSPS) is 10.0. The van der Waals surface area contributed by atoms with Gasteiger partial charge in [-0.2, -0.15) is 5.26 Å². The van der Waals surface area contributed by atoms with Gasteiger partial charge in [0, 0.05) is 23.4 Å². The Morgan fingerprint density at radius 2 is 2.11 bits per heavy atom. The van der Waals surface area contributed by atoms with Gasteiger partial charge >= 0.3 is 0 Å². The minimum absolute atomic E-state index is 0.462. The summed E-state index contributed by atoms with van der Waals surface area (Å²) < 4.78 is 0. The van der Waals surface area contributed by atoms with E-state index in [0.717, 1.165) is 16.9 Å². The number of nitrogens with zero attached hydrogens (tertiary/aromatic N) is 2. The molecule has 0 bridgehead atoms. The van der Waals surface area contributed by atoms with E-state index in [1.807, 2.05) is 30.3 Å². The van der Waals surface area contributed by atoms with Crippen LogP contribution in [0.3, 0.4) is 0 Å². The maximum Gasteiger partial charge on any atom is 0.140 e. The molecule has 0 aliphatic rings. The molecule has 2 rings (SSSR count). The monoisotopic (exact) mass is 255 g/mol. The van der Waals surface area contributed by atoms with Crippen molar-refractivity contribution < 1.29 is 0 Å². The van der Waals surface area contributed by atoms with Gasteiger partial charge in [-0.25, -0.2) is 4.98 Å². The Kier molecular flexibility index (Phi) is 4.35. The molecule has 0 radical (unpaired) electrons. The summed E-state index contributed by atoms with van der Waals surface area (Å²) in [6.07, 6.45) is 1.67. The Hall–Kier alpha value is -1.83. The molecule has 90 valence electrons. The number of thioether (sulfide) groups is 1. The summed E-state index contributed by atoms with van der Waals surface area (Å²) in [7, 11) is 0. The molecule has 4 heteroatoms. The highest BCUT2D eigenvalue weighted by Gasteiger charge is 1.99. The molecule has 0 unspecified atom stereocenters. The molecule has 0 aliphatic heterocycles. The van der Waals surface area contributed by atoms with E-state index in [2.05, 4.69) is 17.1 Å². The zero-order chi connectivity index (χ0) is 12.8. The molecular formula is C14H13N3S. The van der Waals surface area contributed by atoms with Gasteiger partial charge < -0.3 is 5.73 Å². The molecule has 1 aromatic heterocycles. The van der Waals surface area contributed by atoms with Crippen LogP contribution in [0, 0.1) is 11.3 Å². The van der Waals surface area contributed by atoms with Crippen LogP contribution in [0.25, 0.3) is 0 Å². The van der Waals surface area contributed by atoms with Crippen molar-refractivity contribution >= 4 is 11.8 Å². The minimum atomic E-state index is 0.462. The van der Waals surface area contributed by atoms with Gasteiger partial charge in [-0.3, -0.25) is 0 Å². The molecule has 0 spiro atoms. The van der Waals surface area contributed by atoms with Crippen LogP contribution >= 0.6 is 11.8 Å². The highest BCUT2D eigenvalue weighted by molar-refractivity contribution is 7.98. The fraction of sp³-hybridized carbons (Fsp3) is 0.143. The van der Waals surface area contributed by atoms with Crippen LogP contribution in [0.1, 0.15) is 16.8 Å². The Bertz CT molecular complexity index is 575. The highest BCUT2D eigenvalue weighted by atomic mass is 32.2. The van der Waals surface area contributed by atoms with Gasteiger partial charge in [-0.1, -0.05) is 12.1 Å². The maximum absolute atomic E-state index is 8.78. The van der Waals surface area contributed by atoms with Gasteiger partial charge in [0.2, 0.25) is 0 Å². The Balaban J connectivity index is 2.04. The van der Waals surface area contributed by atoms with Crippen molar-refractivity contribution in [2.24, 2.45) is 5.73 Å². The van der Waals surface area contributed by atoms with Crippen LogP contribution in [0.4, 0.5) is 0 Å². The Labute approximate surface area is 111 Å². The smallest absolute Gasteiger partial charge is 0.140 e. The van der Waals surface area contributed by atoms with E-state index in [4.69, 9.17) is 11.0 Å².